The molecule has 0 radical (unpaired) electrons. The molecule has 3 heterocycles. The second kappa shape index (κ2) is 12.6. The lowest BCUT2D eigenvalue weighted by Crippen LogP contribution is -2.54. The molecule has 2 N–H and O–H groups in total. The molecule has 1 atom stereocenters. The van der Waals surface area contributed by atoms with Crippen molar-refractivity contribution < 1.29 is 28.7 Å². The van der Waals surface area contributed by atoms with Crippen molar-refractivity contribution in [1.82, 2.24) is 20.2 Å². The Hall–Kier alpha value is -4.85. The van der Waals surface area contributed by atoms with E-state index in [-0.39, 0.29) is 41.5 Å². The van der Waals surface area contributed by atoms with Gasteiger partial charge < -0.3 is 14.8 Å². The first-order valence-electron chi connectivity index (χ1n) is 15.7. The molecule has 12 heteroatoms. The number of anilines is 1. The molecule has 1 aromatic heterocycles. The number of carbonyl (C=O) groups excluding carboxylic acids is 4. The number of amides is 4. The van der Waals surface area contributed by atoms with Crippen LogP contribution >= 0.6 is 22.6 Å². The lowest BCUT2D eigenvalue weighted by molar-refractivity contribution is -0.136. The van der Waals surface area contributed by atoms with Crippen LogP contribution in [0.25, 0.3) is 0 Å². The summed E-state index contributed by atoms with van der Waals surface area (Å²) in [5.41, 5.74) is 3.28. The second-order valence-corrected chi connectivity index (χ2v) is 14.0. The molecule has 3 aliphatic rings. The smallest absolute Gasteiger partial charge is 0.321 e. The Kier molecular flexibility index (Phi) is 8.36. The summed E-state index contributed by atoms with van der Waals surface area (Å²) in [6.07, 6.45) is 5.23. The van der Waals surface area contributed by atoms with Crippen LogP contribution in [0.15, 0.2) is 79.1 Å². The van der Waals surface area contributed by atoms with E-state index >= 15 is 0 Å². The predicted molar refractivity (Wildman–Crippen MR) is 184 cm³/mol. The molecule has 2 fully saturated rings. The third-order valence-corrected chi connectivity index (χ3v) is 9.72. The van der Waals surface area contributed by atoms with E-state index in [0.29, 0.717) is 11.8 Å². The van der Waals surface area contributed by atoms with E-state index < -0.39 is 29.7 Å². The zero-order chi connectivity index (χ0) is 33.6. The van der Waals surface area contributed by atoms with Gasteiger partial charge in [-0.25, -0.2) is 9.97 Å². The molecule has 3 aromatic carbocycles. The molecule has 1 saturated carbocycles. The van der Waals surface area contributed by atoms with Crippen molar-refractivity contribution in [2.24, 2.45) is 0 Å². The summed E-state index contributed by atoms with van der Waals surface area (Å²) in [4.78, 5) is 59.3. The zero-order valence-electron chi connectivity index (χ0n) is 26.2. The maximum Gasteiger partial charge on any atom is 0.321 e. The largest absolute Gasteiger partial charge is 0.490 e. The third kappa shape index (κ3) is 6.23. The third-order valence-electron chi connectivity index (χ3n) is 9.17. The van der Waals surface area contributed by atoms with Crippen LogP contribution in [0.3, 0.4) is 0 Å². The SMILES string of the molecule is CC(C)(c1ccc(Oc2ncc(I)cn2)cc1)c1ccc(O[C@H]2C[C@@H](Nc3ccc4c(c3)C(=O)N(C3CCC(=O)NC3=O)C4=O)C2)cc1. The molecular weight excluding hydrogens is 725 g/mol. The fourth-order valence-corrected chi connectivity index (χ4v) is 6.56. The van der Waals surface area contributed by atoms with Gasteiger partial charge in [-0.15, -0.1) is 0 Å². The lowest BCUT2D eigenvalue weighted by Gasteiger charge is -2.36. The molecule has 1 aliphatic carbocycles. The van der Waals surface area contributed by atoms with Crippen LogP contribution in [-0.4, -0.2) is 56.7 Å². The lowest BCUT2D eigenvalue weighted by atomic mass is 9.78. The van der Waals surface area contributed by atoms with Crippen molar-refractivity contribution >= 4 is 51.9 Å². The number of piperidine rings is 1. The van der Waals surface area contributed by atoms with Gasteiger partial charge in [-0.1, -0.05) is 38.1 Å². The minimum Gasteiger partial charge on any atom is -0.490 e. The Morgan fingerprint density at radius 2 is 1.48 bits per heavy atom. The summed E-state index contributed by atoms with van der Waals surface area (Å²) in [6, 6.07) is 20.7. The number of imide groups is 2. The molecular formula is C36H32IN5O6. The van der Waals surface area contributed by atoms with E-state index in [1.165, 1.54) is 0 Å². The molecule has 4 aromatic rings. The maximum absolute atomic E-state index is 13.1. The maximum atomic E-state index is 13.1. The first-order chi connectivity index (χ1) is 23.0. The van der Waals surface area contributed by atoms with E-state index in [1.54, 1.807) is 30.6 Å². The van der Waals surface area contributed by atoms with Crippen LogP contribution in [0, 0.1) is 3.57 Å². The Balaban J connectivity index is 0.918. The van der Waals surface area contributed by atoms with Crippen LogP contribution in [0.4, 0.5) is 5.69 Å². The van der Waals surface area contributed by atoms with Gasteiger partial charge in [0.2, 0.25) is 11.8 Å². The Labute approximate surface area is 290 Å². The Bertz CT molecular complexity index is 1910. The van der Waals surface area contributed by atoms with E-state index in [2.05, 4.69) is 81.3 Å². The average molecular weight is 758 g/mol. The van der Waals surface area contributed by atoms with E-state index in [4.69, 9.17) is 9.47 Å². The quantitative estimate of drug-likeness (QED) is 0.165. The first-order valence-corrected chi connectivity index (χ1v) is 16.8. The van der Waals surface area contributed by atoms with Crippen molar-refractivity contribution in [3.8, 4) is 17.5 Å². The van der Waals surface area contributed by atoms with E-state index in [9.17, 15) is 19.2 Å². The highest BCUT2D eigenvalue weighted by Crippen LogP contribution is 2.36. The van der Waals surface area contributed by atoms with Crippen LogP contribution in [0.5, 0.6) is 17.5 Å². The Morgan fingerprint density at radius 1 is 0.854 bits per heavy atom. The number of fused-ring (bicyclic) bond motifs is 1. The van der Waals surface area contributed by atoms with Crippen LogP contribution in [-0.2, 0) is 15.0 Å². The standard InChI is InChI=1S/C36H32IN5O6/c1-36(2,21-5-10-26(11-6-21)48-35-38-18-22(37)19-39-35)20-3-8-25(9-4-20)47-27-15-24(16-27)40-23-7-12-28-29(17-23)34(46)42(33(28)45)30-13-14-31(43)41-32(30)44/h3-12,17-19,24,27,30,40H,13-16H2,1-2H3,(H,41,43,44)/t24-,27+,30?. The molecule has 4 amide bonds. The van der Waals surface area contributed by atoms with Crippen molar-refractivity contribution in [3.63, 3.8) is 0 Å². The van der Waals surface area contributed by atoms with Gasteiger partial charge in [0.25, 0.3) is 11.8 Å². The molecule has 11 nitrogen and oxygen atoms in total. The van der Waals surface area contributed by atoms with Gasteiger partial charge in [0.15, 0.2) is 0 Å². The van der Waals surface area contributed by atoms with Crippen molar-refractivity contribution in [2.45, 2.75) is 63.1 Å². The number of nitrogens with one attached hydrogen (secondary N) is 2. The van der Waals surface area contributed by atoms with Gasteiger partial charge in [0.1, 0.15) is 23.6 Å². The van der Waals surface area contributed by atoms with E-state index in [1.807, 2.05) is 24.3 Å². The van der Waals surface area contributed by atoms with Gasteiger partial charge >= 0.3 is 6.01 Å². The van der Waals surface area contributed by atoms with Gasteiger partial charge in [-0.2, -0.15) is 0 Å². The zero-order valence-corrected chi connectivity index (χ0v) is 28.4. The monoisotopic (exact) mass is 757 g/mol. The number of hydrogen-bond acceptors (Lipinski definition) is 9. The van der Waals surface area contributed by atoms with Crippen LogP contribution < -0.4 is 20.1 Å². The highest BCUT2D eigenvalue weighted by atomic mass is 127. The normalized spacial score (nSPS) is 20.6. The summed E-state index contributed by atoms with van der Waals surface area (Å²) < 4.78 is 13.0. The molecule has 244 valence electrons. The highest BCUT2D eigenvalue weighted by Gasteiger charge is 2.44. The number of ether oxygens (including phenoxy) is 2. The van der Waals surface area contributed by atoms with Crippen LogP contribution in [0.1, 0.15) is 71.4 Å². The number of nitrogens with zero attached hydrogens (tertiary/aromatic N) is 3. The topological polar surface area (TPSA) is 140 Å². The summed E-state index contributed by atoms with van der Waals surface area (Å²) in [7, 11) is 0. The van der Waals surface area contributed by atoms with Crippen LogP contribution in [0.2, 0.25) is 0 Å². The van der Waals surface area contributed by atoms with Gasteiger partial charge in [-0.3, -0.25) is 29.4 Å². The number of aromatic nitrogens is 2. The molecule has 0 bridgehead atoms. The van der Waals surface area contributed by atoms with E-state index in [0.717, 1.165) is 43.9 Å². The highest BCUT2D eigenvalue weighted by molar-refractivity contribution is 14.1. The summed E-state index contributed by atoms with van der Waals surface area (Å²) >= 11 is 2.15. The fourth-order valence-electron chi connectivity index (χ4n) is 6.28. The fraction of sp³-hybridized carbons (Fsp3) is 0.278. The van der Waals surface area contributed by atoms with Gasteiger partial charge in [0, 0.05) is 52.4 Å². The number of halogens is 1. The van der Waals surface area contributed by atoms with Crippen molar-refractivity contribution in [3.05, 3.63) is 105 Å². The Morgan fingerprint density at radius 3 is 2.12 bits per heavy atom. The summed E-state index contributed by atoms with van der Waals surface area (Å²) in [5.74, 6) is -0.585. The molecule has 0 spiro atoms. The molecule has 2 aliphatic heterocycles. The number of rotatable bonds is 9. The first kappa shape index (κ1) is 31.7. The predicted octanol–water partition coefficient (Wildman–Crippen LogP) is 5.62. The molecule has 1 saturated heterocycles. The summed E-state index contributed by atoms with van der Waals surface area (Å²) in [5, 5.41) is 5.65. The van der Waals surface area contributed by atoms with Gasteiger partial charge in [0.05, 0.1) is 11.1 Å². The second-order valence-electron chi connectivity index (χ2n) is 12.7. The van der Waals surface area contributed by atoms with Gasteiger partial charge in [-0.05, 0) is 82.6 Å². The molecule has 7 rings (SSSR count). The number of hydrogen-bond donors (Lipinski definition) is 2. The average Bonchev–Trinajstić information content (AvgIpc) is 3.30. The number of benzene rings is 3. The molecule has 48 heavy (non-hydrogen) atoms. The number of carbonyl (C=O) groups is 4. The van der Waals surface area contributed by atoms with Crippen molar-refractivity contribution in [1.29, 1.82) is 0 Å². The minimum absolute atomic E-state index is 0.0478. The molecule has 1 unspecified atom stereocenters. The summed E-state index contributed by atoms with van der Waals surface area (Å²) in [6.45, 7) is 4.36. The van der Waals surface area contributed by atoms with Crippen molar-refractivity contribution in [2.75, 3.05) is 5.32 Å². The minimum atomic E-state index is -0.983.